The molecule has 0 N–H and O–H groups in total. The summed E-state index contributed by atoms with van der Waals surface area (Å²) < 4.78 is 6.53. The first-order valence-electron chi connectivity index (χ1n) is 17.9. The number of para-hydroxylation sites is 2. The average Bonchev–Trinajstić information content (AvgIpc) is 3.63. The van der Waals surface area contributed by atoms with E-state index >= 15 is 0 Å². The van der Waals surface area contributed by atoms with E-state index in [1.54, 1.807) is 0 Å². The van der Waals surface area contributed by atoms with Gasteiger partial charge in [-0.25, -0.2) is 9.97 Å². The lowest BCUT2D eigenvalue weighted by molar-refractivity contribution is 0.670. The largest absolute Gasteiger partial charge is 0.455 e. The summed E-state index contributed by atoms with van der Waals surface area (Å²) in [5.41, 5.74) is 13.1. The summed E-state index contributed by atoms with van der Waals surface area (Å²) >= 11 is 0. The predicted octanol–water partition coefficient (Wildman–Crippen LogP) is 13.5. The Kier molecular flexibility index (Phi) is 7.47. The molecule has 0 atom stereocenters. The van der Waals surface area contributed by atoms with Crippen molar-refractivity contribution in [1.29, 1.82) is 0 Å². The molecular formula is C50H32N2O. The number of benzene rings is 8. The number of rotatable bonds is 6. The van der Waals surface area contributed by atoms with E-state index in [9.17, 15) is 0 Å². The molecule has 0 fully saturated rings. The molecule has 0 aliphatic carbocycles. The van der Waals surface area contributed by atoms with Crippen LogP contribution in [0.25, 0.3) is 100.0 Å². The maximum absolute atomic E-state index is 6.53. The molecule has 10 aromatic rings. The van der Waals surface area contributed by atoms with Crippen LogP contribution in [0.1, 0.15) is 0 Å². The second-order valence-corrected chi connectivity index (χ2v) is 13.4. The lowest BCUT2D eigenvalue weighted by Crippen LogP contribution is -1.97. The quantitative estimate of drug-likeness (QED) is 0.176. The van der Waals surface area contributed by atoms with Crippen molar-refractivity contribution in [2.24, 2.45) is 0 Å². The zero-order valence-corrected chi connectivity index (χ0v) is 28.8. The number of hydrogen-bond donors (Lipinski definition) is 0. The van der Waals surface area contributed by atoms with Gasteiger partial charge in [-0.15, -0.1) is 0 Å². The highest BCUT2D eigenvalue weighted by Gasteiger charge is 2.17. The molecule has 2 heterocycles. The first-order chi connectivity index (χ1) is 26.2. The molecule has 0 saturated heterocycles. The Balaban J connectivity index is 1.18. The van der Waals surface area contributed by atoms with Crippen molar-refractivity contribution in [3.8, 4) is 67.3 Å². The highest BCUT2D eigenvalue weighted by Crippen LogP contribution is 2.40. The van der Waals surface area contributed by atoms with Crippen LogP contribution in [0.15, 0.2) is 199 Å². The summed E-state index contributed by atoms with van der Waals surface area (Å²) in [4.78, 5) is 10.5. The van der Waals surface area contributed by atoms with Crippen LogP contribution in [0, 0.1) is 0 Å². The molecule has 3 heteroatoms. The molecule has 10 rings (SSSR count). The van der Waals surface area contributed by atoms with Gasteiger partial charge in [0.1, 0.15) is 11.2 Å². The van der Waals surface area contributed by atoms with Crippen LogP contribution >= 0.6 is 0 Å². The van der Waals surface area contributed by atoms with Crippen molar-refractivity contribution >= 4 is 32.7 Å². The fraction of sp³-hybridized carbons (Fsp3) is 0. The van der Waals surface area contributed by atoms with Gasteiger partial charge in [-0.05, 0) is 75.0 Å². The van der Waals surface area contributed by atoms with Gasteiger partial charge in [0.15, 0.2) is 5.82 Å². The van der Waals surface area contributed by atoms with Gasteiger partial charge in [0, 0.05) is 33.0 Å². The third-order valence-electron chi connectivity index (χ3n) is 10.1. The van der Waals surface area contributed by atoms with Crippen LogP contribution in [-0.2, 0) is 0 Å². The zero-order valence-electron chi connectivity index (χ0n) is 28.8. The normalized spacial score (nSPS) is 11.4. The van der Waals surface area contributed by atoms with Crippen molar-refractivity contribution in [3.05, 3.63) is 194 Å². The summed E-state index contributed by atoms with van der Waals surface area (Å²) in [5.74, 6) is 0.677. The monoisotopic (exact) mass is 676 g/mol. The fourth-order valence-electron chi connectivity index (χ4n) is 7.37. The highest BCUT2D eigenvalue weighted by atomic mass is 16.3. The van der Waals surface area contributed by atoms with Gasteiger partial charge < -0.3 is 4.42 Å². The molecule has 0 amide bonds. The van der Waals surface area contributed by atoms with Crippen LogP contribution < -0.4 is 0 Å². The van der Waals surface area contributed by atoms with E-state index in [1.165, 1.54) is 16.3 Å². The first-order valence-corrected chi connectivity index (χ1v) is 17.9. The molecule has 0 aliphatic rings. The second kappa shape index (κ2) is 12.9. The molecule has 248 valence electrons. The van der Waals surface area contributed by atoms with Gasteiger partial charge in [-0.2, -0.15) is 0 Å². The van der Waals surface area contributed by atoms with E-state index in [4.69, 9.17) is 14.4 Å². The zero-order chi connectivity index (χ0) is 35.1. The summed E-state index contributed by atoms with van der Waals surface area (Å²) in [6.07, 6.45) is 0. The molecule has 3 nitrogen and oxygen atoms in total. The summed E-state index contributed by atoms with van der Waals surface area (Å²) in [5, 5.41) is 4.59. The van der Waals surface area contributed by atoms with Crippen LogP contribution in [0.3, 0.4) is 0 Å². The number of hydrogen-bond acceptors (Lipinski definition) is 3. The topological polar surface area (TPSA) is 38.9 Å². The minimum Gasteiger partial charge on any atom is -0.455 e. The SMILES string of the molecule is c1ccc(-c2ccc(-c3nc(-c4cc(-c5ccccc5)cc(-c5cccc6c5oc5ccccc56)c4)cc(-c4ccc5ccccc5c4)n3)cc2)cc1. The van der Waals surface area contributed by atoms with Crippen molar-refractivity contribution in [3.63, 3.8) is 0 Å². The van der Waals surface area contributed by atoms with E-state index in [2.05, 4.69) is 176 Å². The van der Waals surface area contributed by atoms with Crippen molar-refractivity contribution in [2.45, 2.75) is 0 Å². The third kappa shape index (κ3) is 5.75. The summed E-state index contributed by atoms with van der Waals surface area (Å²) in [7, 11) is 0. The van der Waals surface area contributed by atoms with E-state index in [-0.39, 0.29) is 0 Å². The minimum absolute atomic E-state index is 0.677. The van der Waals surface area contributed by atoms with Crippen LogP contribution in [0.2, 0.25) is 0 Å². The lowest BCUT2D eigenvalue weighted by Gasteiger charge is -2.14. The smallest absolute Gasteiger partial charge is 0.160 e. The van der Waals surface area contributed by atoms with Crippen molar-refractivity contribution in [2.75, 3.05) is 0 Å². The Morgan fingerprint density at radius 1 is 0.321 bits per heavy atom. The van der Waals surface area contributed by atoms with E-state index in [0.29, 0.717) is 5.82 Å². The van der Waals surface area contributed by atoms with Crippen LogP contribution in [-0.4, -0.2) is 9.97 Å². The van der Waals surface area contributed by atoms with Gasteiger partial charge in [0.2, 0.25) is 0 Å². The average molecular weight is 677 g/mol. The van der Waals surface area contributed by atoms with Crippen LogP contribution in [0.5, 0.6) is 0 Å². The molecule has 0 aliphatic heterocycles. The summed E-state index contributed by atoms with van der Waals surface area (Å²) in [6.45, 7) is 0. The molecular weight excluding hydrogens is 645 g/mol. The van der Waals surface area contributed by atoms with E-state index in [1.807, 2.05) is 18.2 Å². The van der Waals surface area contributed by atoms with E-state index < -0.39 is 0 Å². The molecule has 0 bridgehead atoms. The Morgan fingerprint density at radius 3 is 1.68 bits per heavy atom. The van der Waals surface area contributed by atoms with Gasteiger partial charge in [-0.1, -0.05) is 158 Å². The van der Waals surface area contributed by atoms with Crippen LogP contribution in [0.4, 0.5) is 0 Å². The van der Waals surface area contributed by atoms with Crippen molar-refractivity contribution in [1.82, 2.24) is 9.97 Å². The number of aromatic nitrogens is 2. The number of furan rings is 1. The number of fused-ring (bicyclic) bond motifs is 4. The number of nitrogens with zero attached hydrogens (tertiary/aromatic N) is 2. The first kappa shape index (κ1) is 30.7. The molecule has 2 aromatic heterocycles. The molecule has 0 unspecified atom stereocenters. The fourth-order valence-corrected chi connectivity index (χ4v) is 7.37. The Bertz CT molecular complexity index is 2930. The lowest BCUT2D eigenvalue weighted by atomic mass is 9.93. The van der Waals surface area contributed by atoms with Gasteiger partial charge >= 0.3 is 0 Å². The standard InChI is InChI=1S/C50H32N2O/c1-3-12-33(13-4-1)36-22-25-37(26-23-36)50-51-46(39-27-24-35-16-7-8-17-38(35)28-39)32-47(52-50)42-30-40(34-14-5-2-6-15-34)29-41(31-42)43-19-11-20-45-44-18-9-10-21-48(44)53-49(43)45/h1-32H. The predicted molar refractivity (Wildman–Crippen MR) is 219 cm³/mol. The molecule has 0 spiro atoms. The highest BCUT2D eigenvalue weighted by molar-refractivity contribution is 6.09. The molecule has 8 aromatic carbocycles. The van der Waals surface area contributed by atoms with Gasteiger partial charge in [-0.3, -0.25) is 0 Å². The third-order valence-corrected chi connectivity index (χ3v) is 10.1. The maximum atomic E-state index is 6.53. The van der Waals surface area contributed by atoms with Crippen molar-refractivity contribution < 1.29 is 4.42 Å². The maximum Gasteiger partial charge on any atom is 0.160 e. The molecule has 0 radical (unpaired) electrons. The van der Waals surface area contributed by atoms with Gasteiger partial charge in [0.05, 0.1) is 11.4 Å². The van der Waals surface area contributed by atoms with E-state index in [0.717, 1.165) is 77.8 Å². The van der Waals surface area contributed by atoms with Gasteiger partial charge in [0.25, 0.3) is 0 Å². The minimum atomic E-state index is 0.677. The summed E-state index contributed by atoms with van der Waals surface area (Å²) in [6, 6.07) is 68.1. The Morgan fingerprint density at radius 2 is 0.887 bits per heavy atom. The second-order valence-electron chi connectivity index (χ2n) is 13.4. The Hall–Kier alpha value is -7.10. The Labute approximate surface area is 307 Å². The molecule has 53 heavy (non-hydrogen) atoms. The molecule has 0 saturated carbocycles.